The van der Waals surface area contributed by atoms with Crippen LogP contribution < -0.4 is 10.7 Å². The molecule has 0 radical (unpaired) electrons. The Kier molecular flexibility index (Phi) is 6.89. The number of anilines is 1. The molecule has 2 aromatic heterocycles. The number of fused-ring (bicyclic) bond motifs is 2. The Bertz CT molecular complexity index is 1630. The second-order valence-corrected chi connectivity index (χ2v) is 8.41. The Morgan fingerprint density at radius 1 is 1.03 bits per heavy atom. The molecule has 0 aliphatic carbocycles. The van der Waals surface area contributed by atoms with Crippen LogP contribution in [-0.4, -0.2) is 33.1 Å². The fourth-order valence-corrected chi connectivity index (χ4v) is 4.38. The lowest BCUT2D eigenvalue weighted by atomic mass is 10.0. The van der Waals surface area contributed by atoms with Gasteiger partial charge in [0.1, 0.15) is 11.3 Å². The fourth-order valence-electron chi connectivity index (χ4n) is 4.38. The average molecular weight is 486 g/mol. The summed E-state index contributed by atoms with van der Waals surface area (Å²) in [6, 6.07) is 19.4. The predicted octanol–water partition coefficient (Wildman–Crippen LogP) is 5.13. The topological polar surface area (TPSA) is 118 Å². The number of hydrogen-bond donors (Lipinski definition) is 3. The number of carbonyl (C=O) groups is 1. The van der Waals surface area contributed by atoms with Gasteiger partial charge in [-0.1, -0.05) is 36.4 Å². The molecule has 2 heterocycles. The molecule has 0 saturated heterocycles. The van der Waals surface area contributed by atoms with Gasteiger partial charge in [0.2, 0.25) is 0 Å². The maximum Gasteiger partial charge on any atom is 0.337 e. The summed E-state index contributed by atoms with van der Waals surface area (Å²) in [5.41, 5.74) is 4.16. The van der Waals surface area contributed by atoms with Gasteiger partial charge in [-0.2, -0.15) is 5.10 Å². The zero-order valence-corrected chi connectivity index (χ0v) is 20.4. The molecule has 8 nitrogen and oxygen atoms in total. The SMILES string of the molecule is CO.Cc1cc(C(C)Nc2ccccc2C(=O)O)c2oc(-c3nn(C)c4ccccc34)cc(=O)c2c1. The number of hydrogen-bond acceptors (Lipinski definition) is 6. The first-order chi connectivity index (χ1) is 17.3. The number of aromatic nitrogens is 2. The summed E-state index contributed by atoms with van der Waals surface area (Å²) in [5, 5.41) is 25.8. The Balaban J connectivity index is 0.00000148. The van der Waals surface area contributed by atoms with Crippen molar-refractivity contribution in [3.63, 3.8) is 0 Å². The summed E-state index contributed by atoms with van der Waals surface area (Å²) >= 11 is 0. The van der Waals surface area contributed by atoms with E-state index >= 15 is 0 Å². The number of aryl methyl sites for hydroxylation is 2. The van der Waals surface area contributed by atoms with E-state index in [1.165, 1.54) is 6.07 Å². The van der Waals surface area contributed by atoms with E-state index < -0.39 is 5.97 Å². The van der Waals surface area contributed by atoms with Gasteiger partial charge in [0.15, 0.2) is 11.2 Å². The molecule has 36 heavy (non-hydrogen) atoms. The highest BCUT2D eigenvalue weighted by Gasteiger charge is 2.20. The summed E-state index contributed by atoms with van der Waals surface area (Å²) in [6.07, 6.45) is 0. The molecule has 1 atom stereocenters. The molecule has 0 fully saturated rings. The number of aromatic carboxylic acids is 1. The number of nitrogens with zero attached hydrogens (tertiary/aromatic N) is 2. The highest BCUT2D eigenvalue weighted by atomic mass is 16.4. The van der Waals surface area contributed by atoms with Crippen LogP contribution in [0.3, 0.4) is 0 Å². The van der Waals surface area contributed by atoms with Crippen molar-refractivity contribution in [2.24, 2.45) is 7.05 Å². The van der Waals surface area contributed by atoms with Crippen LogP contribution in [0.2, 0.25) is 0 Å². The fraction of sp³-hybridized carbons (Fsp3) is 0.179. The lowest BCUT2D eigenvalue weighted by Gasteiger charge is -2.19. The molecule has 0 aliphatic rings. The minimum Gasteiger partial charge on any atom is -0.478 e. The van der Waals surface area contributed by atoms with E-state index in [4.69, 9.17) is 9.52 Å². The third-order valence-electron chi connectivity index (χ3n) is 5.99. The van der Waals surface area contributed by atoms with Crippen LogP contribution in [0.25, 0.3) is 33.3 Å². The van der Waals surface area contributed by atoms with Gasteiger partial charge in [-0.15, -0.1) is 0 Å². The van der Waals surface area contributed by atoms with Gasteiger partial charge in [-0.3, -0.25) is 9.48 Å². The number of aliphatic hydroxyl groups is 1. The van der Waals surface area contributed by atoms with Crippen LogP contribution in [0.15, 0.2) is 75.9 Å². The Morgan fingerprint density at radius 2 is 1.72 bits per heavy atom. The molecule has 8 heteroatoms. The standard InChI is InChI=1S/C27H23N3O4.CH4O/c1-15-12-19(16(2)28-21-10-6-4-8-17(21)27(32)33)26-20(13-15)23(31)14-24(34-26)25-18-9-5-7-11-22(18)30(3)29-25;1-2/h4-14,16,28H,1-3H3,(H,32,33);2H,1H3. The van der Waals surface area contributed by atoms with Crippen molar-refractivity contribution in [2.45, 2.75) is 19.9 Å². The zero-order valence-electron chi connectivity index (χ0n) is 20.4. The largest absolute Gasteiger partial charge is 0.478 e. The number of carboxylic acids is 1. The van der Waals surface area contributed by atoms with Gasteiger partial charge in [-0.05, 0) is 43.7 Å². The predicted molar refractivity (Wildman–Crippen MR) is 141 cm³/mol. The van der Waals surface area contributed by atoms with E-state index in [-0.39, 0.29) is 17.0 Å². The molecule has 184 valence electrons. The second-order valence-electron chi connectivity index (χ2n) is 8.41. The molecular weight excluding hydrogens is 458 g/mol. The van der Waals surface area contributed by atoms with Crippen molar-refractivity contribution in [1.29, 1.82) is 0 Å². The molecule has 3 aromatic carbocycles. The van der Waals surface area contributed by atoms with E-state index in [0.717, 1.165) is 29.1 Å². The summed E-state index contributed by atoms with van der Waals surface area (Å²) in [6.45, 7) is 3.83. The van der Waals surface area contributed by atoms with Crippen molar-refractivity contribution in [1.82, 2.24) is 9.78 Å². The van der Waals surface area contributed by atoms with Crippen molar-refractivity contribution >= 4 is 33.5 Å². The van der Waals surface area contributed by atoms with Gasteiger partial charge in [-0.25, -0.2) is 4.79 Å². The van der Waals surface area contributed by atoms with Crippen LogP contribution in [0.5, 0.6) is 0 Å². The maximum absolute atomic E-state index is 13.2. The molecule has 0 spiro atoms. The third-order valence-corrected chi connectivity index (χ3v) is 5.99. The van der Waals surface area contributed by atoms with Gasteiger partial charge in [0, 0.05) is 36.9 Å². The van der Waals surface area contributed by atoms with E-state index in [2.05, 4.69) is 10.4 Å². The van der Waals surface area contributed by atoms with Crippen molar-refractivity contribution in [3.05, 3.63) is 93.6 Å². The molecular formula is C28H27N3O5. The van der Waals surface area contributed by atoms with Gasteiger partial charge < -0.3 is 19.9 Å². The number of aliphatic hydroxyl groups excluding tert-OH is 1. The highest BCUT2D eigenvalue weighted by Crippen LogP contribution is 2.33. The molecule has 5 rings (SSSR count). The van der Waals surface area contributed by atoms with Gasteiger partial charge >= 0.3 is 5.97 Å². The summed E-state index contributed by atoms with van der Waals surface area (Å²) in [5.74, 6) is -0.627. The Morgan fingerprint density at radius 3 is 2.47 bits per heavy atom. The van der Waals surface area contributed by atoms with Gasteiger partial charge in [0.05, 0.1) is 22.5 Å². The number of carboxylic acid groups (broad SMARTS) is 1. The van der Waals surface area contributed by atoms with Crippen molar-refractivity contribution in [3.8, 4) is 11.5 Å². The molecule has 5 aromatic rings. The highest BCUT2D eigenvalue weighted by molar-refractivity contribution is 5.95. The van der Waals surface area contributed by atoms with E-state index in [9.17, 15) is 14.7 Å². The average Bonchev–Trinajstić information content (AvgIpc) is 3.22. The maximum atomic E-state index is 13.2. The lowest BCUT2D eigenvalue weighted by molar-refractivity contribution is 0.0698. The van der Waals surface area contributed by atoms with E-state index in [1.54, 1.807) is 28.9 Å². The molecule has 0 bridgehead atoms. The van der Waals surface area contributed by atoms with Crippen LogP contribution in [-0.2, 0) is 7.05 Å². The van der Waals surface area contributed by atoms with Crippen LogP contribution >= 0.6 is 0 Å². The number of benzene rings is 3. The first kappa shape index (κ1) is 24.7. The minimum absolute atomic E-state index is 0.158. The molecule has 0 saturated carbocycles. The first-order valence-electron chi connectivity index (χ1n) is 11.4. The van der Waals surface area contributed by atoms with Crippen molar-refractivity contribution < 1.29 is 19.4 Å². The quantitative estimate of drug-likeness (QED) is 0.316. The monoisotopic (exact) mass is 485 g/mol. The Labute approximate surface area is 207 Å². The molecule has 0 aliphatic heterocycles. The number of para-hydroxylation sites is 2. The minimum atomic E-state index is -1.01. The van der Waals surface area contributed by atoms with Crippen LogP contribution in [0.4, 0.5) is 5.69 Å². The van der Waals surface area contributed by atoms with Crippen LogP contribution in [0.1, 0.15) is 34.5 Å². The smallest absolute Gasteiger partial charge is 0.337 e. The molecule has 3 N–H and O–H groups in total. The zero-order chi connectivity index (χ0) is 26.0. The summed E-state index contributed by atoms with van der Waals surface area (Å²) in [7, 11) is 2.85. The first-order valence-corrected chi connectivity index (χ1v) is 11.4. The number of nitrogens with one attached hydrogen (secondary N) is 1. The van der Waals surface area contributed by atoms with Crippen molar-refractivity contribution in [2.75, 3.05) is 12.4 Å². The lowest BCUT2D eigenvalue weighted by Crippen LogP contribution is -2.12. The third kappa shape index (κ3) is 4.46. The second kappa shape index (κ2) is 10.1. The number of rotatable bonds is 5. The van der Waals surface area contributed by atoms with Gasteiger partial charge in [0.25, 0.3) is 0 Å². The summed E-state index contributed by atoms with van der Waals surface area (Å²) < 4.78 is 8.10. The van der Waals surface area contributed by atoms with Crippen LogP contribution in [0, 0.1) is 6.92 Å². The summed E-state index contributed by atoms with van der Waals surface area (Å²) in [4.78, 5) is 24.8. The van der Waals surface area contributed by atoms with E-state index in [1.807, 2.05) is 57.3 Å². The Hall–Kier alpha value is -4.43. The molecule has 0 amide bonds. The van der Waals surface area contributed by atoms with E-state index in [0.29, 0.717) is 28.1 Å². The molecule has 1 unspecified atom stereocenters. The normalized spacial score (nSPS) is 11.7.